The van der Waals surface area contributed by atoms with Gasteiger partial charge in [-0.25, -0.2) is 0 Å². The molecule has 0 aliphatic carbocycles. The molecule has 0 aliphatic heterocycles. The smallest absolute Gasteiger partial charge is 0.251 e. The number of carbonyl (C=O) groups is 1. The van der Waals surface area contributed by atoms with E-state index >= 15 is 0 Å². The molecule has 0 saturated heterocycles. The number of benzene rings is 2. The predicted octanol–water partition coefficient (Wildman–Crippen LogP) is 3.69. The first kappa shape index (κ1) is 16.1. The molecule has 2 aromatic rings. The molecule has 0 aliphatic rings. The zero-order valence-corrected chi connectivity index (χ0v) is 13.2. The maximum atomic E-state index is 12.1. The number of hydrogen-bond donors (Lipinski definition) is 1. The lowest BCUT2D eigenvalue weighted by molar-refractivity contribution is 0.0954. The van der Waals surface area contributed by atoms with E-state index in [0.29, 0.717) is 24.6 Å². The van der Waals surface area contributed by atoms with Crippen molar-refractivity contribution in [3.8, 4) is 5.75 Å². The third-order valence-corrected chi connectivity index (χ3v) is 3.24. The van der Waals surface area contributed by atoms with Crippen LogP contribution in [0.25, 0.3) is 0 Å². The van der Waals surface area contributed by atoms with Crippen LogP contribution in [0.4, 0.5) is 0 Å². The third kappa shape index (κ3) is 5.24. The number of rotatable bonds is 7. The molecule has 3 heteroatoms. The maximum absolute atomic E-state index is 12.1. The molecule has 0 saturated carbocycles. The summed E-state index contributed by atoms with van der Waals surface area (Å²) in [5.74, 6) is 1.24. The number of nitrogens with one attached hydrogen (secondary N) is 1. The Kier molecular flexibility index (Phi) is 6.01. The van der Waals surface area contributed by atoms with Crippen molar-refractivity contribution in [2.45, 2.75) is 20.3 Å². The molecule has 3 nitrogen and oxygen atoms in total. The molecule has 22 heavy (non-hydrogen) atoms. The van der Waals surface area contributed by atoms with E-state index in [1.54, 1.807) is 12.1 Å². The third-order valence-electron chi connectivity index (χ3n) is 3.24. The Labute approximate surface area is 132 Å². The fourth-order valence-corrected chi connectivity index (χ4v) is 2.03. The molecule has 0 spiro atoms. The van der Waals surface area contributed by atoms with Crippen molar-refractivity contribution < 1.29 is 9.53 Å². The predicted molar refractivity (Wildman–Crippen MR) is 89.3 cm³/mol. The molecular formula is C19H23NO2. The van der Waals surface area contributed by atoms with Crippen LogP contribution >= 0.6 is 0 Å². The molecule has 0 atom stereocenters. The minimum Gasteiger partial charge on any atom is -0.493 e. The van der Waals surface area contributed by atoms with E-state index < -0.39 is 0 Å². The van der Waals surface area contributed by atoms with Crippen molar-refractivity contribution in [2.75, 3.05) is 13.2 Å². The molecule has 2 rings (SSSR count). The average molecular weight is 297 g/mol. The van der Waals surface area contributed by atoms with Crippen molar-refractivity contribution in [1.82, 2.24) is 5.32 Å². The van der Waals surface area contributed by atoms with Gasteiger partial charge in [0.05, 0.1) is 6.61 Å². The highest BCUT2D eigenvalue weighted by molar-refractivity contribution is 5.94. The van der Waals surface area contributed by atoms with Gasteiger partial charge in [-0.3, -0.25) is 4.79 Å². The molecule has 0 bridgehead atoms. The van der Waals surface area contributed by atoms with Gasteiger partial charge in [-0.2, -0.15) is 0 Å². The van der Waals surface area contributed by atoms with Gasteiger partial charge in [0.2, 0.25) is 0 Å². The first-order chi connectivity index (χ1) is 10.6. The highest BCUT2D eigenvalue weighted by Crippen LogP contribution is 2.13. The van der Waals surface area contributed by atoms with Crippen molar-refractivity contribution in [1.29, 1.82) is 0 Å². The quantitative estimate of drug-likeness (QED) is 0.846. The molecule has 0 heterocycles. The van der Waals surface area contributed by atoms with Crippen LogP contribution < -0.4 is 10.1 Å². The SMILES string of the molecule is CC(C)COc1ccc(C(=O)NCCc2ccccc2)cc1. The maximum Gasteiger partial charge on any atom is 0.251 e. The Balaban J connectivity index is 1.79. The lowest BCUT2D eigenvalue weighted by Gasteiger charge is -2.09. The second-order valence-corrected chi connectivity index (χ2v) is 5.72. The summed E-state index contributed by atoms with van der Waals surface area (Å²) in [4.78, 5) is 12.1. The van der Waals surface area contributed by atoms with E-state index in [2.05, 4.69) is 31.3 Å². The Morgan fingerprint density at radius 1 is 1.05 bits per heavy atom. The summed E-state index contributed by atoms with van der Waals surface area (Å²) in [6, 6.07) is 17.4. The Hall–Kier alpha value is -2.29. The van der Waals surface area contributed by atoms with Crippen LogP contribution in [0.1, 0.15) is 29.8 Å². The molecular weight excluding hydrogens is 274 g/mol. The standard InChI is InChI=1S/C19H23NO2/c1-15(2)14-22-18-10-8-17(9-11-18)19(21)20-13-12-16-6-4-3-5-7-16/h3-11,15H,12-14H2,1-2H3,(H,20,21). The molecule has 2 aromatic carbocycles. The fourth-order valence-electron chi connectivity index (χ4n) is 2.03. The zero-order valence-electron chi connectivity index (χ0n) is 13.2. The monoisotopic (exact) mass is 297 g/mol. The highest BCUT2D eigenvalue weighted by Gasteiger charge is 2.05. The molecule has 1 N–H and O–H groups in total. The van der Waals surface area contributed by atoms with Crippen LogP contribution in [0.15, 0.2) is 54.6 Å². The number of hydrogen-bond acceptors (Lipinski definition) is 2. The molecule has 0 aromatic heterocycles. The van der Waals surface area contributed by atoms with Gasteiger partial charge in [0.25, 0.3) is 5.91 Å². The van der Waals surface area contributed by atoms with Gasteiger partial charge in [-0.15, -0.1) is 0 Å². The van der Waals surface area contributed by atoms with E-state index in [1.165, 1.54) is 5.56 Å². The Bertz CT molecular complexity index is 576. The zero-order chi connectivity index (χ0) is 15.8. The number of amides is 1. The molecule has 1 amide bonds. The summed E-state index contributed by atoms with van der Waals surface area (Å²) >= 11 is 0. The van der Waals surface area contributed by atoms with Crippen molar-refractivity contribution in [3.63, 3.8) is 0 Å². The minimum atomic E-state index is -0.0497. The van der Waals surface area contributed by atoms with E-state index in [9.17, 15) is 4.79 Å². The molecule has 116 valence electrons. The molecule has 0 radical (unpaired) electrons. The van der Waals surface area contributed by atoms with Gasteiger partial charge in [0.15, 0.2) is 0 Å². The van der Waals surface area contributed by atoms with Gasteiger partial charge in [0, 0.05) is 12.1 Å². The summed E-state index contributed by atoms with van der Waals surface area (Å²) in [6.45, 7) is 5.53. The fraction of sp³-hybridized carbons (Fsp3) is 0.316. The van der Waals surface area contributed by atoms with Crippen LogP contribution in [0.3, 0.4) is 0 Å². The van der Waals surface area contributed by atoms with E-state index in [0.717, 1.165) is 12.2 Å². The van der Waals surface area contributed by atoms with Crippen LogP contribution in [0.2, 0.25) is 0 Å². The van der Waals surface area contributed by atoms with Crippen LogP contribution in [0, 0.1) is 5.92 Å². The van der Waals surface area contributed by atoms with Crippen LogP contribution in [0.5, 0.6) is 5.75 Å². The second kappa shape index (κ2) is 8.23. The normalized spacial score (nSPS) is 10.5. The largest absolute Gasteiger partial charge is 0.493 e. The number of carbonyl (C=O) groups excluding carboxylic acids is 1. The Morgan fingerprint density at radius 3 is 2.36 bits per heavy atom. The van der Waals surface area contributed by atoms with E-state index in [1.807, 2.05) is 30.3 Å². The van der Waals surface area contributed by atoms with Crippen molar-refractivity contribution >= 4 is 5.91 Å². The van der Waals surface area contributed by atoms with Gasteiger partial charge >= 0.3 is 0 Å². The number of ether oxygens (including phenoxy) is 1. The summed E-state index contributed by atoms with van der Waals surface area (Å²) in [5, 5.41) is 2.94. The van der Waals surface area contributed by atoms with Crippen LogP contribution in [-0.4, -0.2) is 19.1 Å². The summed E-state index contributed by atoms with van der Waals surface area (Å²) in [6.07, 6.45) is 0.835. The highest BCUT2D eigenvalue weighted by atomic mass is 16.5. The summed E-state index contributed by atoms with van der Waals surface area (Å²) in [5.41, 5.74) is 1.88. The summed E-state index contributed by atoms with van der Waals surface area (Å²) in [7, 11) is 0. The van der Waals surface area contributed by atoms with E-state index in [4.69, 9.17) is 4.74 Å². The van der Waals surface area contributed by atoms with E-state index in [-0.39, 0.29) is 5.91 Å². The lowest BCUT2D eigenvalue weighted by atomic mass is 10.1. The summed E-state index contributed by atoms with van der Waals surface area (Å²) < 4.78 is 5.61. The first-order valence-corrected chi connectivity index (χ1v) is 7.70. The first-order valence-electron chi connectivity index (χ1n) is 7.70. The van der Waals surface area contributed by atoms with Gasteiger partial charge in [-0.05, 0) is 42.2 Å². The Morgan fingerprint density at radius 2 is 1.73 bits per heavy atom. The molecule has 0 unspecified atom stereocenters. The van der Waals surface area contributed by atoms with Crippen LogP contribution in [-0.2, 0) is 6.42 Å². The van der Waals surface area contributed by atoms with Gasteiger partial charge in [-0.1, -0.05) is 44.2 Å². The van der Waals surface area contributed by atoms with Crippen molar-refractivity contribution in [2.24, 2.45) is 5.92 Å². The topological polar surface area (TPSA) is 38.3 Å². The minimum absolute atomic E-state index is 0.0497. The molecule has 0 fully saturated rings. The average Bonchev–Trinajstić information content (AvgIpc) is 2.54. The lowest BCUT2D eigenvalue weighted by Crippen LogP contribution is -2.25. The van der Waals surface area contributed by atoms with Crippen molar-refractivity contribution in [3.05, 3.63) is 65.7 Å². The van der Waals surface area contributed by atoms with Gasteiger partial charge < -0.3 is 10.1 Å². The second-order valence-electron chi connectivity index (χ2n) is 5.72. The van der Waals surface area contributed by atoms with Gasteiger partial charge in [0.1, 0.15) is 5.75 Å².